The molecule has 2 rings (SSSR count). The van der Waals surface area contributed by atoms with Crippen LogP contribution in [0.3, 0.4) is 0 Å². The lowest BCUT2D eigenvalue weighted by Crippen LogP contribution is -2.28. The molecule has 0 aliphatic carbocycles. The summed E-state index contributed by atoms with van der Waals surface area (Å²) < 4.78 is 6.77. The maximum Gasteiger partial charge on any atom is 0.291 e. The molecule has 1 N–H and O–H groups in total. The zero-order chi connectivity index (χ0) is 16.4. The Morgan fingerprint density at radius 2 is 2.00 bits per heavy atom. The van der Waals surface area contributed by atoms with Crippen molar-refractivity contribution in [1.29, 1.82) is 0 Å². The van der Waals surface area contributed by atoms with Crippen LogP contribution in [0, 0.1) is 0 Å². The number of hydrogen-bond donors (Lipinski definition) is 1. The van der Waals surface area contributed by atoms with Crippen LogP contribution in [-0.4, -0.2) is 35.4 Å². The standard InChI is InChI=1S/C14H14BrN3O4/c1-17(2)13(20)8-6-9(14(21)18(3)7-8)16-12(19)10-4-5-11(15)22-10/h4-7H,1-3H3,(H,16,19). The van der Waals surface area contributed by atoms with Gasteiger partial charge in [0, 0.05) is 27.3 Å². The first-order valence-corrected chi connectivity index (χ1v) is 7.08. The van der Waals surface area contributed by atoms with E-state index in [1.165, 1.54) is 34.8 Å². The third kappa shape index (κ3) is 3.28. The van der Waals surface area contributed by atoms with Gasteiger partial charge in [0.15, 0.2) is 10.4 Å². The Kier molecular flexibility index (Phi) is 4.51. The predicted octanol–water partition coefficient (Wildman–Crippen LogP) is 1.69. The predicted molar refractivity (Wildman–Crippen MR) is 84.1 cm³/mol. The highest BCUT2D eigenvalue weighted by Crippen LogP contribution is 2.15. The highest BCUT2D eigenvalue weighted by molar-refractivity contribution is 9.10. The van der Waals surface area contributed by atoms with E-state index in [2.05, 4.69) is 21.2 Å². The van der Waals surface area contributed by atoms with Crippen molar-refractivity contribution in [3.8, 4) is 0 Å². The van der Waals surface area contributed by atoms with Gasteiger partial charge in [-0.05, 0) is 34.1 Å². The summed E-state index contributed by atoms with van der Waals surface area (Å²) >= 11 is 3.10. The van der Waals surface area contributed by atoms with Crippen LogP contribution in [-0.2, 0) is 7.05 Å². The van der Waals surface area contributed by atoms with Crippen molar-refractivity contribution < 1.29 is 14.0 Å². The Hall–Kier alpha value is -2.35. The van der Waals surface area contributed by atoms with Gasteiger partial charge in [0.2, 0.25) is 0 Å². The molecule has 2 aromatic heterocycles. The van der Waals surface area contributed by atoms with Gasteiger partial charge in [0.1, 0.15) is 5.69 Å². The van der Waals surface area contributed by atoms with Crippen LogP contribution in [0.2, 0.25) is 0 Å². The van der Waals surface area contributed by atoms with Crippen molar-refractivity contribution in [3.63, 3.8) is 0 Å². The van der Waals surface area contributed by atoms with Crippen LogP contribution in [0.1, 0.15) is 20.9 Å². The average Bonchev–Trinajstić information content (AvgIpc) is 2.89. The van der Waals surface area contributed by atoms with E-state index in [1.54, 1.807) is 20.2 Å². The zero-order valence-electron chi connectivity index (χ0n) is 12.2. The molecule has 2 heterocycles. The first kappa shape index (κ1) is 16.0. The minimum Gasteiger partial charge on any atom is -0.444 e. The molecule has 0 spiro atoms. The number of rotatable bonds is 3. The third-order valence-corrected chi connectivity index (χ3v) is 3.31. The number of amides is 2. The second kappa shape index (κ2) is 6.18. The number of anilines is 1. The second-order valence-corrected chi connectivity index (χ2v) is 5.60. The molecule has 0 aliphatic rings. The van der Waals surface area contributed by atoms with E-state index < -0.39 is 11.5 Å². The van der Waals surface area contributed by atoms with Gasteiger partial charge in [-0.1, -0.05) is 0 Å². The van der Waals surface area contributed by atoms with Crippen molar-refractivity contribution in [2.24, 2.45) is 7.05 Å². The summed E-state index contributed by atoms with van der Waals surface area (Å²) in [4.78, 5) is 37.5. The summed E-state index contributed by atoms with van der Waals surface area (Å²) in [6, 6.07) is 4.39. The number of carbonyl (C=O) groups excluding carboxylic acids is 2. The van der Waals surface area contributed by atoms with Crippen LogP contribution in [0.15, 0.2) is 38.3 Å². The molecule has 0 radical (unpaired) electrons. The summed E-state index contributed by atoms with van der Waals surface area (Å²) in [6.07, 6.45) is 1.42. The quantitative estimate of drug-likeness (QED) is 0.894. The molecule has 0 fully saturated rings. The summed E-state index contributed by atoms with van der Waals surface area (Å²) in [5.74, 6) is -0.789. The minimum atomic E-state index is -0.572. The average molecular weight is 368 g/mol. The molecular formula is C14H14BrN3O4. The van der Waals surface area contributed by atoms with Crippen LogP contribution < -0.4 is 10.9 Å². The van der Waals surface area contributed by atoms with E-state index in [9.17, 15) is 14.4 Å². The Bertz CT molecular complexity index is 792. The largest absolute Gasteiger partial charge is 0.444 e. The van der Waals surface area contributed by atoms with Gasteiger partial charge < -0.3 is 19.2 Å². The molecule has 2 amide bonds. The van der Waals surface area contributed by atoms with Crippen LogP contribution in [0.4, 0.5) is 5.69 Å². The Morgan fingerprint density at radius 3 is 2.55 bits per heavy atom. The monoisotopic (exact) mass is 367 g/mol. The number of aromatic nitrogens is 1. The van der Waals surface area contributed by atoms with Crippen LogP contribution in [0.5, 0.6) is 0 Å². The number of pyridine rings is 1. The molecule has 0 unspecified atom stereocenters. The maximum atomic E-state index is 12.1. The molecule has 116 valence electrons. The van der Waals surface area contributed by atoms with Gasteiger partial charge >= 0.3 is 0 Å². The zero-order valence-corrected chi connectivity index (χ0v) is 13.8. The first-order chi connectivity index (χ1) is 10.3. The maximum absolute atomic E-state index is 12.1. The number of furan rings is 1. The lowest BCUT2D eigenvalue weighted by molar-refractivity contribution is 0.0826. The fourth-order valence-electron chi connectivity index (χ4n) is 1.80. The lowest BCUT2D eigenvalue weighted by atomic mass is 10.2. The molecule has 0 atom stereocenters. The van der Waals surface area contributed by atoms with Crippen molar-refractivity contribution >= 4 is 33.4 Å². The number of nitrogens with zero attached hydrogens (tertiary/aromatic N) is 2. The van der Waals surface area contributed by atoms with Gasteiger partial charge in [-0.25, -0.2) is 0 Å². The van der Waals surface area contributed by atoms with Crippen LogP contribution >= 0.6 is 15.9 Å². The highest BCUT2D eigenvalue weighted by atomic mass is 79.9. The van der Waals surface area contributed by atoms with Crippen molar-refractivity contribution in [3.05, 3.63) is 50.7 Å². The molecule has 7 nitrogen and oxygen atoms in total. The Morgan fingerprint density at radius 1 is 1.32 bits per heavy atom. The smallest absolute Gasteiger partial charge is 0.291 e. The molecule has 8 heteroatoms. The van der Waals surface area contributed by atoms with Gasteiger partial charge in [-0.3, -0.25) is 14.4 Å². The van der Waals surface area contributed by atoms with Gasteiger partial charge in [-0.15, -0.1) is 0 Å². The van der Waals surface area contributed by atoms with E-state index in [0.717, 1.165) is 0 Å². The molecule has 0 saturated heterocycles. The second-order valence-electron chi connectivity index (χ2n) is 4.82. The molecule has 0 bridgehead atoms. The Balaban J connectivity index is 2.36. The van der Waals surface area contributed by atoms with E-state index in [1.807, 2.05) is 0 Å². The highest BCUT2D eigenvalue weighted by Gasteiger charge is 2.16. The molecule has 2 aromatic rings. The first-order valence-electron chi connectivity index (χ1n) is 6.28. The van der Waals surface area contributed by atoms with Gasteiger partial charge in [-0.2, -0.15) is 0 Å². The number of nitrogens with one attached hydrogen (secondary N) is 1. The Labute approximate surface area is 134 Å². The van der Waals surface area contributed by atoms with Gasteiger partial charge in [0.25, 0.3) is 17.4 Å². The summed E-state index contributed by atoms with van der Waals surface area (Å²) in [7, 11) is 4.71. The van der Waals surface area contributed by atoms with E-state index in [4.69, 9.17) is 4.42 Å². The van der Waals surface area contributed by atoms with E-state index in [-0.39, 0.29) is 17.4 Å². The number of hydrogen-bond acceptors (Lipinski definition) is 4. The van der Waals surface area contributed by atoms with Crippen molar-refractivity contribution in [2.45, 2.75) is 0 Å². The topological polar surface area (TPSA) is 84.6 Å². The molecular weight excluding hydrogens is 354 g/mol. The fraction of sp³-hybridized carbons (Fsp3) is 0.214. The fourth-order valence-corrected chi connectivity index (χ4v) is 2.10. The molecule has 0 saturated carbocycles. The van der Waals surface area contributed by atoms with Crippen molar-refractivity contribution in [1.82, 2.24) is 9.47 Å². The summed E-state index contributed by atoms with van der Waals surface area (Å²) in [5.41, 5.74) is -0.120. The van der Waals surface area contributed by atoms with Crippen LogP contribution in [0.25, 0.3) is 0 Å². The van der Waals surface area contributed by atoms with Gasteiger partial charge in [0.05, 0.1) is 5.56 Å². The number of carbonyl (C=O) groups is 2. The molecule has 22 heavy (non-hydrogen) atoms. The lowest BCUT2D eigenvalue weighted by Gasteiger charge is -2.13. The third-order valence-electron chi connectivity index (χ3n) is 2.88. The SMILES string of the molecule is CN(C)C(=O)c1cc(NC(=O)c2ccc(Br)o2)c(=O)n(C)c1. The summed E-state index contributed by atoms with van der Waals surface area (Å²) in [6.45, 7) is 0. The van der Waals surface area contributed by atoms with E-state index >= 15 is 0 Å². The van der Waals surface area contributed by atoms with Crippen molar-refractivity contribution in [2.75, 3.05) is 19.4 Å². The van der Waals surface area contributed by atoms with E-state index in [0.29, 0.717) is 10.2 Å². The minimum absolute atomic E-state index is 0.00715. The number of halogens is 1. The summed E-state index contributed by atoms with van der Waals surface area (Å²) in [5, 5.41) is 2.46. The number of aryl methyl sites for hydroxylation is 1. The molecule has 0 aliphatic heterocycles. The molecule has 0 aromatic carbocycles. The normalized spacial score (nSPS) is 10.4.